The maximum absolute atomic E-state index is 12.7. The summed E-state index contributed by atoms with van der Waals surface area (Å²) in [6, 6.07) is 18.8. The first-order valence-electron chi connectivity index (χ1n) is 21.9. The quantitative estimate of drug-likeness (QED) is 0.0758. The molecule has 0 spiro atoms. The summed E-state index contributed by atoms with van der Waals surface area (Å²) in [5.74, 6) is 1.18. The fraction of sp³-hybridized carbons (Fsp3) is 0.717. The number of amides is 1. The lowest BCUT2D eigenvalue weighted by molar-refractivity contribution is -0.119. The molecule has 1 unspecified atom stereocenters. The summed E-state index contributed by atoms with van der Waals surface area (Å²) in [5, 5.41) is 0.306. The van der Waals surface area contributed by atoms with Crippen LogP contribution in [0, 0.1) is 11.8 Å². The van der Waals surface area contributed by atoms with Crippen molar-refractivity contribution in [3.05, 3.63) is 60.7 Å². The average molecular weight is 893 g/mol. The second kappa shape index (κ2) is 20.7. The van der Waals surface area contributed by atoms with E-state index >= 15 is 0 Å². The molecule has 1 aliphatic carbocycles. The SMILES string of the molecule is CC(C)(C)[Si](C)(C)OC(CC[C@@H]1[C@@H](CCCCCCC(=O)NS(=O)(=O)c2ccccc2)[C@@H](O[Si](C)(C)C(C)(C)C)C[C@H]1O[Si](C)(C)C(C)(C)C)CSc1ccccc1. The molecule has 0 aliphatic heterocycles. The zero-order valence-electron chi connectivity index (χ0n) is 39.0. The highest BCUT2D eigenvalue weighted by molar-refractivity contribution is 7.99. The average Bonchev–Trinajstić information content (AvgIpc) is 3.39. The van der Waals surface area contributed by atoms with E-state index in [1.165, 1.54) is 17.0 Å². The van der Waals surface area contributed by atoms with Crippen molar-refractivity contribution in [2.45, 2.75) is 203 Å². The molecule has 0 heterocycles. The van der Waals surface area contributed by atoms with Crippen LogP contribution in [0.2, 0.25) is 54.4 Å². The van der Waals surface area contributed by atoms with E-state index in [1.807, 2.05) is 11.8 Å². The van der Waals surface area contributed by atoms with E-state index in [9.17, 15) is 13.2 Å². The number of rotatable bonds is 21. The first-order valence-corrected chi connectivity index (χ1v) is 33.1. The summed E-state index contributed by atoms with van der Waals surface area (Å²) in [5.41, 5.74) is 0. The summed E-state index contributed by atoms with van der Waals surface area (Å²) in [4.78, 5) is 14.1. The van der Waals surface area contributed by atoms with Gasteiger partial charge in [-0.2, -0.15) is 0 Å². The van der Waals surface area contributed by atoms with Crippen molar-refractivity contribution in [1.82, 2.24) is 4.72 Å². The Morgan fingerprint density at radius 3 is 1.66 bits per heavy atom. The molecule has 1 N–H and O–H groups in total. The first-order chi connectivity index (χ1) is 26.6. The molecule has 0 radical (unpaired) electrons. The predicted molar refractivity (Wildman–Crippen MR) is 254 cm³/mol. The number of unbranched alkanes of at least 4 members (excludes halogenated alkanes) is 3. The third kappa shape index (κ3) is 15.0. The summed E-state index contributed by atoms with van der Waals surface area (Å²) in [6.45, 7) is 35.3. The van der Waals surface area contributed by atoms with Gasteiger partial charge in [0.2, 0.25) is 5.91 Å². The lowest BCUT2D eigenvalue weighted by Gasteiger charge is -2.41. The summed E-state index contributed by atoms with van der Waals surface area (Å²) in [6.07, 6.45) is 8.11. The molecule has 1 aliphatic rings. The Bertz CT molecular complexity index is 1670. The van der Waals surface area contributed by atoms with E-state index < -0.39 is 40.9 Å². The minimum absolute atomic E-state index is 0.0940. The van der Waals surface area contributed by atoms with Crippen LogP contribution >= 0.6 is 11.8 Å². The molecule has 1 amide bonds. The van der Waals surface area contributed by atoms with Crippen LogP contribution in [0.3, 0.4) is 0 Å². The van der Waals surface area contributed by atoms with Gasteiger partial charge in [0.1, 0.15) is 0 Å². The Labute approximate surface area is 362 Å². The summed E-state index contributed by atoms with van der Waals surface area (Å²) in [7, 11) is -10.1. The van der Waals surface area contributed by atoms with Gasteiger partial charge in [0.25, 0.3) is 10.0 Å². The van der Waals surface area contributed by atoms with Gasteiger partial charge in [-0.15, -0.1) is 11.8 Å². The van der Waals surface area contributed by atoms with E-state index in [2.05, 4.69) is 137 Å². The van der Waals surface area contributed by atoms with Crippen molar-refractivity contribution in [2.75, 3.05) is 5.75 Å². The van der Waals surface area contributed by atoms with Crippen molar-refractivity contribution >= 4 is 52.6 Å². The number of carbonyl (C=O) groups excluding carboxylic acids is 1. The van der Waals surface area contributed by atoms with Gasteiger partial charge in [0, 0.05) is 17.1 Å². The predicted octanol–water partition coefficient (Wildman–Crippen LogP) is 13.2. The monoisotopic (exact) mass is 891 g/mol. The standard InChI is InChI=1S/C46H81NO6S2Si3/c1-44(2,3)56(10,11)51-36(35-54-37-26-20-18-21-27-37)32-33-40-39(30-24-16-17-25-31-43(48)47-55(49,50)38-28-22-19-23-29-38)41(52-57(12,13)45(4,5)6)34-42(40)53-58(14,15)46(7,8)9/h18-23,26-29,36,39-42H,16-17,24-25,30-35H2,1-15H3,(H,47,48)/t36?,39-,40-,41+,42-/m1/s1. The number of benzene rings is 2. The van der Waals surface area contributed by atoms with E-state index in [-0.39, 0.29) is 44.7 Å². The van der Waals surface area contributed by atoms with Crippen molar-refractivity contribution in [1.29, 1.82) is 0 Å². The van der Waals surface area contributed by atoms with Crippen molar-refractivity contribution in [3.8, 4) is 0 Å². The number of carbonyl (C=O) groups is 1. The fourth-order valence-electron chi connectivity index (χ4n) is 7.04. The molecule has 0 bridgehead atoms. The molecule has 1 saturated carbocycles. The minimum atomic E-state index is -3.86. The van der Waals surface area contributed by atoms with E-state index in [0.29, 0.717) is 18.3 Å². The number of hydrogen-bond acceptors (Lipinski definition) is 7. The molecular formula is C46H81NO6S2Si3. The Kier molecular flexibility index (Phi) is 18.3. The van der Waals surface area contributed by atoms with Gasteiger partial charge in [-0.1, -0.05) is 118 Å². The summed E-state index contributed by atoms with van der Waals surface area (Å²) >= 11 is 1.91. The van der Waals surface area contributed by atoms with Crippen LogP contribution in [0.25, 0.3) is 0 Å². The van der Waals surface area contributed by atoms with Crippen LogP contribution < -0.4 is 4.72 Å². The van der Waals surface area contributed by atoms with E-state index in [0.717, 1.165) is 50.7 Å². The number of hydrogen-bond donors (Lipinski definition) is 1. The molecule has 58 heavy (non-hydrogen) atoms. The van der Waals surface area contributed by atoms with Gasteiger partial charge in [-0.25, -0.2) is 13.1 Å². The van der Waals surface area contributed by atoms with E-state index in [4.69, 9.17) is 13.3 Å². The van der Waals surface area contributed by atoms with Gasteiger partial charge in [-0.05, 0) is 123 Å². The lowest BCUT2D eigenvalue weighted by Crippen LogP contribution is -2.46. The van der Waals surface area contributed by atoms with Crippen LogP contribution in [0.15, 0.2) is 70.5 Å². The maximum Gasteiger partial charge on any atom is 0.264 e. The number of sulfonamides is 1. The van der Waals surface area contributed by atoms with Gasteiger partial charge >= 0.3 is 0 Å². The second-order valence-corrected chi connectivity index (χ2v) is 38.4. The van der Waals surface area contributed by atoms with Crippen LogP contribution in [0.4, 0.5) is 0 Å². The first kappa shape index (κ1) is 51.1. The fourth-order valence-corrected chi connectivity index (χ4v) is 13.3. The molecule has 1 fully saturated rings. The van der Waals surface area contributed by atoms with Crippen LogP contribution in [-0.2, 0) is 28.1 Å². The molecule has 5 atom stereocenters. The Morgan fingerprint density at radius 2 is 1.16 bits per heavy atom. The molecule has 12 heteroatoms. The Balaban J connectivity index is 1.84. The zero-order valence-corrected chi connectivity index (χ0v) is 43.6. The molecule has 7 nitrogen and oxygen atoms in total. The normalized spacial score (nSPS) is 20.6. The van der Waals surface area contributed by atoms with Crippen molar-refractivity contribution in [3.63, 3.8) is 0 Å². The number of nitrogens with one attached hydrogen (secondary N) is 1. The molecule has 2 aromatic rings. The number of thioether (sulfide) groups is 1. The highest BCUT2D eigenvalue weighted by Gasteiger charge is 2.51. The molecule has 3 rings (SSSR count). The van der Waals surface area contributed by atoms with Gasteiger partial charge in [0.15, 0.2) is 25.0 Å². The van der Waals surface area contributed by atoms with Crippen LogP contribution in [0.1, 0.15) is 120 Å². The largest absolute Gasteiger partial charge is 0.414 e. The molecule has 330 valence electrons. The Hall–Kier alpha value is -1.26. The maximum atomic E-state index is 12.7. The molecule has 2 aromatic carbocycles. The lowest BCUT2D eigenvalue weighted by atomic mass is 9.85. The topological polar surface area (TPSA) is 90.9 Å². The minimum Gasteiger partial charge on any atom is -0.414 e. The second-order valence-electron chi connectivity index (χ2n) is 21.4. The molecule has 0 saturated heterocycles. The third-order valence-corrected chi connectivity index (χ3v) is 29.8. The third-order valence-electron chi connectivity index (χ3n) is 13.7. The van der Waals surface area contributed by atoms with Crippen molar-refractivity contribution in [2.24, 2.45) is 11.8 Å². The van der Waals surface area contributed by atoms with Crippen molar-refractivity contribution < 1.29 is 26.5 Å². The summed E-state index contributed by atoms with van der Waals surface area (Å²) < 4.78 is 49.7. The highest BCUT2D eigenvalue weighted by atomic mass is 32.2. The van der Waals surface area contributed by atoms with Gasteiger partial charge in [-0.3, -0.25) is 4.79 Å². The van der Waals surface area contributed by atoms with Crippen LogP contribution in [0.5, 0.6) is 0 Å². The zero-order chi connectivity index (χ0) is 43.8. The molecular weight excluding hydrogens is 811 g/mol. The highest BCUT2D eigenvalue weighted by Crippen LogP contribution is 2.49. The Morgan fingerprint density at radius 1 is 0.690 bits per heavy atom. The van der Waals surface area contributed by atoms with E-state index in [1.54, 1.807) is 18.2 Å². The van der Waals surface area contributed by atoms with Gasteiger partial charge in [0.05, 0.1) is 23.2 Å². The smallest absolute Gasteiger partial charge is 0.264 e. The van der Waals surface area contributed by atoms with Crippen LogP contribution in [-0.4, -0.2) is 63.3 Å². The van der Waals surface area contributed by atoms with Gasteiger partial charge < -0.3 is 13.3 Å². The molecule has 0 aromatic heterocycles.